The van der Waals surface area contributed by atoms with E-state index >= 15 is 0 Å². The number of benzene rings is 3. The average molecular weight is 560 g/mol. The number of nitrogens with one attached hydrogen (secondary N) is 1. The second kappa shape index (κ2) is 12.6. The monoisotopic (exact) mass is 559 g/mol. The lowest BCUT2D eigenvalue weighted by Crippen LogP contribution is -2.51. The SMILES string of the molecule is O=C(NC1CCN(C2CCN(C(=O)c3ccc(C#Cc4ccccc4)cc3)CC2)CC1)c1ccccc1C(F)(F)F. The summed E-state index contributed by atoms with van der Waals surface area (Å²) in [6.07, 6.45) is -1.49. The Bertz CT molecular complexity index is 1410. The Morgan fingerprint density at radius 1 is 0.732 bits per heavy atom. The van der Waals surface area contributed by atoms with Crippen molar-refractivity contribution in [2.24, 2.45) is 0 Å². The van der Waals surface area contributed by atoms with E-state index in [1.54, 1.807) is 0 Å². The summed E-state index contributed by atoms with van der Waals surface area (Å²) in [6, 6.07) is 22.2. The van der Waals surface area contributed by atoms with E-state index in [9.17, 15) is 22.8 Å². The van der Waals surface area contributed by atoms with Crippen molar-refractivity contribution in [1.29, 1.82) is 0 Å². The maximum atomic E-state index is 13.3. The molecule has 2 amide bonds. The summed E-state index contributed by atoms with van der Waals surface area (Å²) in [5.41, 5.74) is 1.19. The quantitative estimate of drug-likeness (QED) is 0.424. The van der Waals surface area contributed by atoms with Crippen molar-refractivity contribution in [1.82, 2.24) is 15.1 Å². The molecule has 0 saturated carbocycles. The zero-order valence-electron chi connectivity index (χ0n) is 22.7. The number of hydrogen-bond donors (Lipinski definition) is 1. The molecule has 0 bridgehead atoms. The first-order valence-electron chi connectivity index (χ1n) is 14.0. The zero-order chi connectivity index (χ0) is 28.8. The molecule has 212 valence electrons. The second-order valence-corrected chi connectivity index (χ2v) is 10.5. The van der Waals surface area contributed by atoms with Crippen LogP contribution in [0.3, 0.4) is 0 Å². The van der Waals surface area contributed by atoms with Gasteiger partial charge in [-0.25, -0.2) is 0 Å². The van der Waals surface area contributed by atoms with E-state index in [0.717, 1.165) is 43.1 Å². The lowest BCUT2D eigenvalue weighted by Gasteiger charge is -2.42. The van der Waals surface area contributed by atoms with Gasteiger partial charge in [-0.3, -0.25) is 9.59 Å². The number of alkyl halides is 3. The van der Waals surface area contributed by atoms with Crippen LogP contribution in [0.2, 0.25) is 0 Å². The highest BCUT2D eigenvalue weighted by Gasteiger charge is 2.36. The Morgan fingerprint density at radius 3 is 1.95 bits per heavy atom. The molecule has 0 atom stereocenters. The third-order valence-corrected chi connectivity index (χ3v) is 7.87. The molecule has 0 aromatic heterocycles. The molecule has 2 heterocycles. The van der Waals surface area contributed by atoms with Gasteiger partial charge in [0.05, 0.1) is 11.1 Å². The van der Waals surface area contributed by atoms with Crippen molar-refractivity contribution in [2.45, 2.75) is 43.9 Å². The summed E-state index contributed by atoms with van der Waals surface area (Å²) in [5, 5.41) is 2.80. The highest BCUT2D eigenvalue weighted by atomic mass is 19.4. The topological polar surface area (TPSA) is 52.7 Å². The summed E-state index contributed by atoms with van der Waals surface area (Å²) >= 11 is 0. The zero-order valence-corrected chi connectivity index (χ0v) is 22.7. The maximum Gasteiger partial charge on any atom is 0.417 e. The Kier molecular flexibility index (Phi) is 8.75. The molecule has 8 heteroatoms. The number of halogens is 3. The smallest absolute Gasteiger partial charge is 0.349 e. The van der Waals surface area contributed by atoms with Gasteiger partial charge in [-0.1, -0.05) is 42.2 Å². The molecule has 5 nitrogen and oxygen atoms in total. The van der Waals surface area contributed by atoms with Crippen LogP contribution in [0.5, 0.6) is 0 Å². The van der Waals surface area contributed by atoms with Crippen LogP contribution < -0.4 is 5.32 Å². The van der Waals surface area contributed by atoms with Gasteiger partial charge in [-0.2, -0.15) is 13.2 Å². The lowest BCUT2D eigenvalue weighted by atomic mass is 9.97. The van der Waals surface area contributed by atoms with Crippen LogP contribution in [-0.2, 0) is 6.18 Å². The van der Waals surface area contributed by atoms with Crippen molar-refractivity contribution in [3.05, 3.63) is 107 Å². The van der Waals surface area contributed by atoms with Crippen LogP contribution in [0, 0.1) is 11.8 Å². The Hall–Kier alpha value is -4.09. The standard InChI is InChI=1S/C33H32F3N3O2/c34-33(35,36)30-9-5-4-8-29(30)31(40)37-27-16-20-38(21-17-27)28-18-22-39(23-19-28)32(41)26-14-12-25(13-15-26)11-10-24-6-2-1-3-7-24/h1-9,12-15,27-28H,16-23H2,(H,37,40). The average Bonchev–Trinajstić information content (AvgIpc) is 3.00. The molecule has 0 unspecified atom stereocenters. The highest BCUT2D eigenvalue weighted by molar-refractivity contribution is 5.96. The number of likely N-dealkylation sites (tertiary alicyclic amines) is 2. The predicted molar refractivity (Wildman–Crippen MR) is 151 cm³/mol. The molecule has 5 rings (SSSR count). The molecule has 0 radical (unpaired) electrons. The Balaban J connectivity index is 1.08. The van der Waals surface area contributed by atoms with Crippen molar-refractivity contribution in [3.63, 3.8) is 0 Å². The van der Waals surface area contributed by atoms with Gasteiger partial charge >= 0.3 is 6.18 Å². The van der Waals surface area contributed by atoms with Gasteiger partial charge in [0.25, 0.3) is 11.8 Å². The van der Waals surface area contributed by atoms with Gasteiger partial charge in [0.2, 0.25) is 0 Å². The largest absolute Gasteiger partial charge is 0.417 e. The maximum absolute atomic E-state index is 13.3. The first-order valence-corrected chi connectivity index (χ1v) is 14.0. The minimum Gasteiger partial charge on any atom is -0.349 e. The van der Waals surface area contributed by atoms with Crippen LogP contribution in [0.1, 0.15) is 63.1 Å². The van der Waals surface area contributed by atoms with Gasteiger partial charge < -0.3 is 15.1 Å². The van der Waals surface area contributed by atoms with Crippen molar-refractivity contribution in [2.75, 3.05) is 26.2 Å². The molecule has 2 aliphatic rings. The first-order chi connectivity index (χ1) is 19.8. The van der Waals surface area contributed by atoms with E-state index in [1.165, 1.54) is 18.2 Å². The lowest BCUT2D eigenvalue weighted by molar-refractivity contribution is -0.137. The predicted octanol–water partition coefficient (Wildman–Crippen LogP) is 5.60. The molecule has 0 spiro atoms. The van der Waals surface area contributed by atoms with E-state index < -0.39 is 17.6 Å². The molecule has 0 aliphatic carbocycles. The molecule has 2 aliphatic heterocycles. The van der Waals surface area contributed by atoms with Gasteiger partial charge in [0, 0.05) is 55.0 Å². The third kappa shape index (κ3) is 7.17. The number of piperidine rings is 2. The Morgan fingerprint density at radius 2 is 1.32 bits per heavy atom. The van der Waals surface area contributed by atoms with Gasteiger partial charge in [-0.15, -0.1) is 0 Å². The molecule has 3 aromatic rings. The third-order valence-electron chi connectivity index (χ3n) is 7.87. The van der Waals surface area contributed by atoms with Crippen LogP contribution in [0.15, 0.2) is 78.9 Å². The minimum absolute atomic E-state index is 0.0200. The number of carbonyl (C=O) groups excluding carboxylic acids is 2. The van der Waals surface area contributed by atoms with Crippen molar-refractivity contribution >= 4 is 11.8 Å². The van der Waals surface area contributed by atoms with Crippen molar-refractivity contribution < 1.29 is 22.8 Å². The van der Waals surface area contributed by atoms with Crippen LogP contribution >= 0.6 is 0 Å². The number of nitrogens with zero attached hydrogens (tertiary/aromatic N) is 2. The fourth-order valence-electron chi connectivity index (χ4n) is 5.58. The molecule has 2 saturated heterocycles. The van der Waals surface area contributed by atoms with E-state index in [2.05, 4.69) is 22.1 Å². The highest BCUT2D eigenvalue weighted by Crippen LogP contribution is 2.32. The van der Waals surface area contributed by atoms with Gasteiger partial charge in [0.1, 0.15) is 0 Å². The second-order valence-electron chi connectivity index (χ2n) is 10.5. The molecular weight excluding hydrogens is 527 g/mol. The van der Waals surface area contributed by atoms with Crippen LogP contribution in [0.25, 0.3) is 0 Å². The minimum atomic E-state index is -4.58. The molecule has 41 heavy (non-hydrogen) atoms. The van der Waals surface area contributed by atoms with Crippen molar-refractivity contribution in [3.8, 4) is 11.8 Å². The summed E-state index contributed by atoms with van der Waals surface area (Å²) in [7, 11) is 0. The van der Waals surface area contributed by atoms with Crippen LogP contribution in [-0.4, -0.2) is 59.9 Å². The molecule has 2 fully saturated rings. The number of amides is 2. The van der Waals surface area contributed by atoms with Gasteiger partial charge in [0.15, 0.2) is 0 Å². The summed E-state index contributed by atoms with van der Waals surface area (Å²) in [6.45, 7) is 2.86. The summed E-state index contributed by atoms with van der Waals surface area (Å²) in [4.78, 5) is 30.0. The van der Waals surface area contributed by atoms with Crippen LogP contribution in [0.4, 0.5) is 13.2 Å². The molecule has 1 N–H and O–H groups in total. The number of hydrogen-bond acceptors (Lipinski definition) is 3. The Labute approximate surface area is 238 Å². The molecular formula is C33H32F3N3O2. The van der Waals surface area contributed by atoms with Gasteiger partial charge in [-0.05, 0) is 74.2 Å². The van der Waals surface area contributed by atoms with E-state index in [1.807, 2.05) is 59.5 Å². The van der Waals surface area contributed by atoms with E-state index in [-0.39, 0.29) is 17.5 Å². The summed E-state index contributed by atoms with van der Waals surface area (Å²) < 4.78 is 39.9. The number of carbonyl (C=O) groups is 2. The summed E-state index contributed by atoms with van der Waals surface area (Å²) in [5.74, 6) is 5.59. The normalized spacial score (nSPS) is 17.0. The van der Waals surface area contributed by atoms with E-state index in [4.69, 9.17) is 0 Å². The fraction of sp³-hybridized carbons (Fsp3) is 0.333. The first kappa shape index (κ1) is 28.4. The molecule has 3 aromatic carbocycles. The van der Waals surface area contributed by atoms with E-state index in [0.29, 0.717) is 37.5 Å². The fourth-order valence-corrected chi connectivity index (χ4v) is 5.58. The number of rotatable bonds is 4.